The summed E-state index contributed by atoms with van der Waals surface area (Å²) in [6.45, 7) is 20.3. The second-order valence-corrected chi connectivity index (χ2v) is 19.9. The minimum Gasteiger partial charge on any atom is -0.459 e. The molecule has 0 radical (unpaired) electrons. The zero-order valence-electron chi connectivity index (χ0n) is 39.3. The molecule has 5 fully saturated rings. The first-order valence-electron chi connectivity index (χ1n) is 23.2. The van der Waals surface area contributed by atoms with Gasteiger partial charge in [0.1, 0.15) is 30.5 Å². The van der Waals surface area contributed by atoms with E-state index in [4.69, 9.17) is 37.9 Å². The maximum absolute atomic E-state index is 14.5. The summed E-state index contributed by atoms with van der Waals surface area (Å²) in [4.78, 5) is 31.4. The van der Waals surface area contributed by atoms with Crippen molar-refractivity contribution in [3.8, 4) is 0 Å². The Kier molecular flexibility index (Phi) is 16.0. The summed E-state index contributed by atoms with van der Waals surface area (Å²) < 4.78 is 51.4. The van der Waals surface area contributed by atoms with Crippen LogP contribution in [-0.2, 0) is 49.3 Å². The zero-order valence-corrected chi connectivity index (χ0v) is 39.3. The number of cyclic esters (lactones) is 1. The summed E-state index contributed by atoms with van der Waals surface area (Å²) in [5.74, 6) is -2.92. The number of carbonyl (C=O) groups is 2. The highest BCUT2D eigenvalue weighted by Gasteiger charge is 2.59. The third-order valence-corrected chi connectivity index (χ3v) is 15.0. The second kappa shape index (κ2) is 20.2. The fourth-order valence-corrected chi connectivity index (χ4v) is 11.1. The number of carbonyl (C=O) groups excluding carboxylic acids is 2. The highest BCUT2D eigenvalue weighted by atomic mass is 16.7. The van der Waals surface area contributed by atoms with Gasteiger partial charge in [0, 0.05) is 57.6 Å². The molecule has 358 valence electrons. The van der Waals surface area contributed by atoms with Crippen molar-refractivity contribution in [1.29, 1.82) is 0 Å². The quantitative estimate of drug-likeness (QED) is 0.233. The standard InChI is InChI=1S/C47H76N2O14/c1-12-34(50)47(10,55)41-28(4)37-26(2)23-46(9,63-37)40(29(5)38(30(6)42(53)61-41)60-35-24-45(8,56-11)39(52)31(7)59-35)62-43-36(51)33(22-27(3)58-43)48-18-20-49(21-19-48)44(54)57-25-32-16-14-13-15-17-32/h13-17,26-31,33-41,43,50-52,55H,12,18-25H2,1-11H3/t26?,27?,28-,29-,30+,31?,33?,34+,35-,36?,37?,38-,39-,40+,41+,43-,45?,46-,47+/m0/s1. The van der Waals surface area contributed by atoms with Crippen molar-refractivity contribution in [2.24, 2.45) is 23.7 Å². The fourth-order valence-electron chi connectivity index (χ4n) is 11.1. The Morgan fingerprint density at radius 2 is 1.63 bits per heavy atom. The van der Waals surface area contributed by atoms with Crippen LogP contribution in [0, 0.1) is 23.7 Å². The molecule has 1 aromatic rings. The van der Waals surface area contributed by atoms with Crippen LogP contribution in [0.1, 0.15) is 100 Å². The number of piperazine rings is 1. The van der Waals surface area contributed by atoms with Crippen molar-refractivity contribution < 1.29 is 67.9 Å². The molecule has 1 amide bonds. The molecule has 16 heteroatoms. The van der Waals surface area contributed by atoms with E-state index in [1.165, 1.54) is 14.0 Å². The number of aliphatic hydroxyl groups is 4. The molecule has 0 saturated carbocycles. The summed E-state index contributed by atoms with van der Waals surface area (Å²) in [6.07, 6.45) is -8.66. The van der Waals surface area contributed by atoms with Gasteiger partial charge in [-0.1, -0.05) is 58.0 Å². The number of esters is 1. The lowest BCUT2D eigenvalue weighted by atomic mass is 9.76. The van der Waals surface area contributed by atoms with E-state index in [2.05, 4.69) is 11.8 Å². The summed E-state index contributed by atoms with van der Waals surface area (Å²) in [5, 5.41) is 46.3. The molecular formula is C47H76N2O14. The van der Waals surface area contributed by atoms with Gasteiger partial charge in [0.25, 0.3) is 0 Å². The molecule has 19 atom stereocenters. The van der Waals surface area contributed by atoms with Crippen molar-refractivity contribution in [2.45, 2.75) is 192 Å². The number of benzene rings is 1. The van der Waals surface area contributed by atoms with Crippen LogP contribution < -0.4 is 0 Å². The van der Waals surface area contributed by atoms with Gasteiger partial charge in [-0.25, -0.2) is 4.79 Å². The maximum Gasteiger partial charge on any atom is 0.410 e. The molecule has 0 aromatic heterocycles. The van der Waals surface area contributed by atoms with Crippen molar-refractivity contribution >= 4 is 12.1 Å². The predicted molar refractivity (Wildman–Crippen MR) is 230 cm³/mol. The Bertz CT molecular complexity index is 1670. The van der Waals surface area contributed by atoms with E-state index < -0.39 is 102 Å². The maximum atomic E-state index is 14.5. The van der Waals surface area contributed by atoms with E-state index >= 15 is 0 Å². The monoisotopic (exact) mass is 893 g/mol. The van der Waals surface area contributed by atoms with Gasteiger partial charge in [-0.15, -0.1) is 0 Å². The first-order valence-corrected chi connectivity index (χ1v) is 23.2. The van der Waals surface area contributed by atoms with E-state index in [0.29, 0.717) is 39.0 Å². The largest absolute Gasteiger partial charge is 0.459 e. The molecule has 7 unspecified atom stereocenters. The Hall–Kier alpha value is -2.48. The molecule has 1 aromatic carbocycles. The van der Waals surface area contributed by atoms with Gasteiger partial charge in [-0.05, 0) is 72.3 Å². The van der Waals surface area contributed by atoms with Crippen molar-refractivity contribution in [1.82, 2.24) is 9.80 Å². The third-order valence-electron chi connectivity index (χ3n) is 15.0. The van der Waals surface area contributed by atoms with Crippen LogP contribution in [0.5, 0.6) is 0 Å². The number of hydrogen-bond donors (Lipinski definition) is 4. The summed E-state index contributed by atoms with van der Waals surface area (Å²) in [5.41, 5.74) is -2.96. The molecule has 2 bridgehead atoms. The molecule has 5 saturated heterocycles. The molecule has 5 aliphatic heterocycles. The molecule has 16 nitrogen and oxygen atoms in total. The molecular weight excluding hydrogens is 817 g/mol. The van der Waals surface area contributed by atoms with E-state index in [1.54, 1.807) is 32.6 Å². The number of ether oxygens (including phenoxy) is 8. The number of rotatable bonds is 11. The minimum absolute atomic E-state index is 0.110. The number of aliphatic hydroxyl groups excluding tert-OH is 3. The molecule has 0 aliphatic carbocycles. The predicted octanol–water partition coefficient (Wildman–Crippen LogP) is 4.02. The lowest BCUT2D eigenvalue weighted by molar-refractivity contribution is -0.319. The van der Waals surface area contributed by atoms with Crippen LogP contribution in [0.25, 0.3) is 0 Å². The summed E-state index contributed by atoms with van der Waals surface area (Å²) in [7, 11) is 1.52. The van der Waals surface area contributed by atoms with E-state index in [-0.39, 0.29) is 43.6 Å². The van der Waals surface area contributed by atoms with Crippen molar-refractivity contribution in [3.05, 3.63) is 35.9 Å². The van der Waals surface area contributed by atoms with Gasteiger partial charge in [-0.3, -0.25) is 9.69 Å². The second-order valence-electron chi connectivity index (χ2n) is 19.9. The summed E-state index contributed by atoms with van der Waals surface area (Å²) >= 11 is 0. The average Bonchev–Trinajstić information content (AvgIpc) is 3.58. The molecule has 5 heterocycles. The first kappa shape index (κ1) is 49.9. The highest BCUT2D eigenvalue weighted by molar-refractivity contribution is 5.73. The van der Waals surface area contributed by atoms with Gasteiger partial charge in [0.2, 0.25) is 0 Å². The Morgan fingerprint density at radius 1 is 0.968 bits per heavy atom. The topological polar surface area (TPSA) is 195 Å². The highest BCUT2D eigenvalue weighted by Crippen LogP contribution is 2.48. The van der Waals surface area contributed by atoms with Gasteiger partial charge in [0.15, 0.2) is 12.6 Å². The molecule has 4 N–H and O–H groups in total. The molecule has 63 heavy (non-hydrogen) atoms. The van der Waals surface area contributed by atoms with E-state index in [1.807, 2.05) is 58.0 Å². The van der Waals surface area contributed by atoms with Crippen LogP contribution in [0.3, 0.4) is 0 Å². The smallest absolute Gasteiger partial charge is 0.410 e. The lowest BCUT2D eigenvalue weighted by Crippen LogP contribution is -2.62. The molecule has 5 aliphatic rings. The Morgan fingerprint density at radius 3 is 2.27 bits per heavy atom. The van der Waals surface area contributed by atoms with Crippen LogP contribution >= 0.6 is 0 Å². The van der Waals surface area contributed by atoms with Crippen LogP contribution in [-0.4, -0.2) is 166 Å². The van der Waals surface area contributed by atoms with Gasteiger partial charge in [0.05, 0.1) is 53.7 Å². The van der Waals surface area contributed by atoms with Crippen molar-refractivity contribution in [3.63, 3.8) is 0 Å². The lowest BCUT2D eigenvalue weighted by Gasteiger charge is -2.49. The Balaban J connectivity index is 1.29. The fraction of sp³-hybridized carbons (Fsp3) is 0.830. The van der Waals surface area contributed by atoms with Crippen LogP contribution in [0.4, 0.5) is 4.79 Å². The van der Waals surface area contributed by atoms with Gasteiger partial charge < -0.3 is 63.2 Å². The zero-order chi connectivity index (χ0) is 46.2. The number of hydrogen-bond acceptors (Lipinski definition) is 15. The SMILES string of the molecule is CC[C@@H](O)[C@@](C)(O)[C@@H]1OC(=O)[C@H](C)[C@@H](O[C@H]2CC(C)(OC)[C@@H](O)C(C)O2)[C@H](C)[C@@H](O[C@@H]2OC(C)CC(N3CCN(C(=O)OCc4ccccc4)CC3)C2O)[C@]2(C)CC(C)C(O2)[C@@H]1C. The first-order chi connectivity index (χ1) is 29.6. The number of methoxy groups -OCH3 is 1. The number of nitrogens with zero attached hydrogens (tertiary/aromatic N) is 2. The molecule has 6 rings (SSSR count). The summed E-state index contributed by atoms with van der Waals surface area (Å²) in [6, 6.07) is 9.19. The van der Waals surface area contributed by atoms with Crippen molar-refractivity contribution in [2.75, 3.05) is 33.3 Å². The van der Waals surface area contributed by atoms with E-state index in [0.717, 1.165) is 5.56 Å². The molecule has 0 spiro atoms. The van der Waals surface area contributed by atoms with Crippen LogP contribution in [0.2, 0.25) is 0 Å². The third kappa shape index (κ3) is 10.6. The normalized spacial score (nSPS) is 43.3. The van der Waals surface area contributed by atoms with Gasteiger partial charge >= 0.3 is 12.1 Å². The average molecular weight is 893 g/mol. The number of fused-ring (bicyclic) bond motifs is 2. The van der Waals surface area contributed by atoms with E-state index in [9.17, 15) is 30.0 Å². The van der Waals surface area contributed by atoms with Crippen LogP contribution in [0.15, 0.2) is 30.3 Å². The Labute approximate surface area is 373 Å². The van der Waals surface area contributed by atoms with Gasteiger partial charge in [-0.2, -0.15) is 0 Å². The minimum atomic E-state index is -1.82. The number of amides is 1.